The number of hydrogen-bond acceptors (Lipinski definition) is 2. The first kappa shape index (κ1) is 14.6. The molecule has 0 radical (unpaired) electrons. The van der Waals surface area contributed by atoms with Gasteiger partial charge >= 0.3 is 0 Å². The molecule has 0 spiro atoms. The van der Waals surface area contributed by atoms with Gasteiger partial charge in [-0.1, -0.05) is 25.1 Å². The smallest absolute Gasteiger partial charge is 0.222 e. The zero-order valence-corrected chi connectivity index (χ0v) is 11.6. The molecule has 1 rings (SSSR count). The molecule has 1 aromatic rings. The molecule has 0 fully saturated rings. The normalized spacial score (nSPS) is 11.9. The van der Waals surface area contributed by atoms with Gasteiger partial charge < -0.3 is 9.64 Å². The van der Waals surface area contributed by atoms with Crippen molar-refractivity contribution < 1.29 is 9.53 Å². The van der Waals surface area contributed by atoms with Crippen LogP contribution in [0.1, 0.15) is 33.1 Å². The standard InChI is InChI=1S/C15H23NO2/c1-4-13(2)16(3)15(17)11-8-12-18-14-9-6-5-7-10-14/h5-7,9-10,13H,4,8,11-12H2,1-3H3. The Balaban J connectivity index is 2.20. The van der Waals surface area contributed by atoms with Gasteiger partial charge in [-0.25, -0.2) is 0 Å². The Bertz CT molecular complexity index is 351. The molecule has 0 aliphatic heterocycles. The average Bonchev–Trinajstić information content (AvgIpc) is 2.42. The van der Waals surface area contributed by atoms with E-state index >= 15 is 0 Å². The molecule has 100 valence electrons. The van der Waals surface area contributed by atoms with E-state index in [-0.39, 0.29) is 5.91 Å². The van der Waals surface area contributed by atoms with Gasteiger partial charge in [-0.05, 0) is 31.9 Å². The summed E-state index contributed by atoms with van der Waals surface area (Å²) in [4.78, 5) is 13.6. The van der Waals surface area contributed by atoms with Crippen molar-refractivity contribution in [3.8, 4) is 5.75 Å². The molecule has 1 unspecified atom stereocenters. The van der Waals surface area contributed by atoms with Gasteiger partial charge in [-0.2, -0.15) is 0 Å². The van der Waals surface area contributed by atoms with Crippen LogP contribution in [0.4, 0.5) is 0 Å². The second-order valence-electron chi connectivity index (χ2n) is 4.53. The summed E-state index contributed by atoms with van der Waals surface area (Å²) in [7, 11) is 1.87. The van der Waals surface area contributed by atoms with Gasteiger partial charge in [0.05, 0.1) is 6.61 Å². The Hall–Kier alpha value is -1.51. The van der Waals surface area contributed by atoms with Gasteiger partial charge in [0.2, 0.25) is 5.91 Å². The highest BCUT2D eigenvalue weighted by molar-refractivity contribution is 5.76. The van der Waals surface area contributed by atoms with Crippen molar-refractivity contribution in [1.82, 2.24) is 4.90 Å². The monoisotopic (exact) mass is 249 g/mol. The van der Waals surface area contributed by atoms with Crippen LogP contribution in [0.3, 0.4) is 0 Å². The lowest BCUT2D eigenvalue weighted by atomic mass is 10.2. The molecule has 3 nitrogen and oxygen atoms in total. The van der Waals surface area contributed by atoms with E-state index in [1.54, 1.807) is 0 Å². The summed E-state index contributed by atoms with van der Waals surface area (Å²) < 4.78 is 5.55. The fourth-order valence-corrected chi connectivity index (χ4v) is 1.63. The van der Waals surface area contributed by atoms with Crippen LogP contribution in [0.2, 0.25) is 0 Å². The molecule has 1 amide bonds. The third kappa shape index (κ3) is 4.78. The Labute approximate surface area is 110 Å². The number of amides is 1. The molecular formula is C15H23NO2. The molecule has 0 saturated carbocycles. The third-order valence-electron chi connectivity index (χ3n) is 3.19. The maximum Gasteiger partial charge on any atom is 0.222 e. The summed E-state index contributed by atoms with van der Waals surface area (Å²) in [6.45, 7) is 4.75. The van der Waals surface area contributed by atoms with Crippen molar-refractivity contribution in [2.75, 3.05) is 13.7 Å². The van der Waals surface area contributed by atoms with Crippen LogP contribution in [-0.2, 0) is 4.79 Å². The van der Waals surface area contributed by atoms with Crippen LogP contribution in [0.5, 0.6) is 5.75 Å². The molecule has 3 heteroatoms. The number of nitrogens with zero attached hydrogens (tertiary/aromatic N) is 1. The Morgan fingerprint density at radius 3 is 2.61 bits per heavy atom. The molecule has 0 bridgehead atoms. The maximum absolute atomic E-state index is 11.8. The number of ether oxygens (including phenoxy) is 1. The SMILES string of the molecule is CCC(C)N(C)C(=O)CCCOc1ccccc1. The van der Waals surface area contributed by atoms with Gasteiger partial charge in [-0.3, -0.25) is 4.79 Å². The highest BCUT2D eigenvalue weighted by Gasteiger charge is 2.13. The molecule has 0 saturated heterocycles. The van der Waals surface area contributed by atoms with Crippen molar-refractivity contribution in [2.45, 2.75) is 39.2 Å². The summed E-state index contributed by atoms with van der Waals surface area (Å²) in [5.41, 5.74) is 0. The lowest BCUT2D eigenvalue weighted by Gasteiger charge is -2.23. The molecule has 0 heterocycles. The Kier molecular flexibility index (Phi) is 6.26. The molecule has 0 aromatic heterocycles. The minimum absolute atomic E-state index is 0.195. The van der Waals surface area contributed by atoms with E-state index in [0.717, 1.165) is 18.6 Å². The quantitative estimate of drug-likeness (QED) is 0.695. The van der Waals surface area contributed by atoms with E-state index in [2.05, 4.69) is 13.8 Å². The first-order chi connectivity index (χ1) is 8.65. The minimum atomic E-state index is 0.195. The van der Waals surface area contributed by atoms with Crippen molar-refractivity contribution in [3.05, 3.63) is 30.3 Å². The van der Waals surface area contributed by atoms with Crippen molar-refractivity contribution in [2.24, 2.45) is 0 Å². The highest BCUT2D eigenvalue weighted by Crippen LogP contribution is 2.09. The van der Waals surface area contributed by atoms with Crippen LogP contribution in [0, 0.1) is 0 Å². The van der Waals surface area contributed by atoms with Gasteiger partial charge in [0.15, 0.2) is 0 Å². The number of carbonyl (C=O) groups is 1. The van der Waals surface area contributed by atoms with Crippen LogP contribution < -0.4 is 4.74 Å². The Morgan fingerprint density at radius 2 is 2.00 bits per heavy atom. The van der Waals surface area contributed by atoms with Crippen LogP contribution in [0.25, 0.3) is 0 Å². The highest BCUT2D eigenvalue weighted by atomic mass is 16.5. The van der Waals surface area contributed by atoms with Gasteiger partial charge in [0.1, 0.15) is 5.75 Å². The fourth-order valence-electron chi connectivity index (χ4n) is 1.63. The van der Waals surface area contributed by atoms with Crippen molar-refractivity contribution in [1.29, 1.82) is 0 Å². The maximum atomic E-state index is 11.8. The van der Waals surface area contributed by atoms with Gasteiger partial charge in [-0.15, -0.1) is 0 Å². The first-order valence-corrected chi connectivity index (χ1v) is 6.58. The predicted octanol–water partition coefficient (Wildman–Crippen LogP) is 3.10. The summed E-state index contributed by atoms with van der Waals surface area (Å²) in [6, 6.07) is 10.00. The number of para-hydroxylation sites is 1. The van der Waals surface area contributed by atoms with E-state index in [4.69, 9.17) is 4.74 Å². The zero-order chi connectivity index (χ0) is 13.4. The topological polar surface area (TPSA) is 29.5 Å². The van der Waals surface area contributed by atoms with E-state index in [1.807, 2.05) is 42.3 Å². The predicted molar refractivity (Wildman–Crippen MR) is 73.7 cm³/mol. The van der Waals surface area contributed by atoms with Crippen molar-refractivity contribution in [3.63, 3.8) is 0 Å². The summed E-state index contributed by atoms with van der Waals surface area (Å²) in [5.74, 6) is 1.06. The van der Waals surface area contributed by atoms with Crippen LogP contribution in [0.15, 0.2) is 30.3 Å². The number of benzene rings is 1. The average molecular weight is 249 g/mol. The molecule has 0 N–H and O–H groups in total. The van der Waals surface area contributed by atoms with E-state index in [9.17, 15) is 4.79 Å². The van der Waals surface area contributed by atoms with E-state index < -0.39 is 0 Å². The zero-order valence-electron chi connectivity index (χ0n) is 11.6. The van der Waals surface area contributed by atoms with Gasteiger partial charge in [0.25, 0.3) is 0 Å². The summed E-state index contributed by atoms with van der Waals surface area (Å²) >= 11 is 0. The van der Waals surface area contributed by atoms with Crippen LogP contribution in [-0.4, -0.2) is 30.5 Å². The second-order valence-corrected chi connectivity index (χ2v) is 4.53. The molecule has 0 aliphatic carbocycles. The third-order valence-corrected chi connectivity index (χ3v) is 3.19. The summed E-state index contributed by atoms with van der Waals surface area (Å²) in [5, 5.41) is 0. The summed E-state index contributed by atoms with van der Waals surface area (Å²) in [6.07, 6.45) is 2.30. The number of carbonyl (C=O) groups excluding carboxylic acids is 1. The first-order valence-electron chi connectivity index (χ1n) is 6.58. The largest absolute Gasteiger partial charge is 0.494 e. The molecule has 1 aromatic carbocycles. The van der Waals surface area contributed by atoms with Crippen molar-refractivity contribution >= 4 is 5.91 Å². The fraction of sp³-hybridized carbons (Fsp3) is 0.533. The molecule has 1 atom stereocenters. The van der Waals surface area contributed by atoms with E-state index in [0.29, 0.717) is 19.1 Å². The molecule has 0 aliphatic rings. The van der Waals surface area contributed by atoms with E-state index in [1.165, 1.54) is 0 Å². The minimum Gasteiger partial charge on any atom is -0.494 e. The second kappa shape index (κ2) is 7.75. The van der Waals surface area contributed by atoms with Crippen LogP contribution >= 0.6 is 0 Å². The number of rotatable bonds is 7. The Morgan fingerprint density at radius 1 is 1.33 bits per heavy atom. The lowest BCUT2D eigenvalue weighted by Crippen LogP contribution is -2.34. The molecular weight excluding hydrogens is 226 g/mol. The van der Waals surface area contributed by atoms with Gasteiger partial charge in [0, 0.05) is 19.5 Å². The number of hydrogen-bond donors (Lipinski definition) is 0. The molecule has 18 heavy (non-hydrogen) atoms. The lowest BCUT2D eigenvalue weighted by molar-refractivity contribution is -0.131.